The van der Waals surface area contributed by atoms with Crippen molar-refractivity contribution in [1.82, 2.24) is 29.9 Å². The molecule has 1 aliphatic carbocycles. The molecular weight excluding hydrogens is 432 g/mol. The number of likely N-dealkylation sites (N-methyl/N-ethyl adjacent to an activating group) is 1. The van der Waals surface area contributed by atoms with Gasteiger partial charge in [-0.3, -0.25) is 14.4 Å². The van der Waals surface area contributed by atoms with Crippen molar-refractivity contribution in [2.24, 2.45) is 11.8 Å². The molecule has 0 saturated heterocycles. The zero-order valence-electron chi connectivity index (χ0n) is 21.5. The standard InChI is InChI=1S/C25H42N6O3/c1-17(2)15-21-24-26-19(4)28-31(24)14-13-30(23(33)16-20-9-6-7-10-20)12-8-11-22(32)29(5)18(3)25(34)27-21/h17-18,20-21H,6-16H2,1-5H3,(H,27,34)/t18-,21+/m0/s1. The normalized spacial score (nSPS) is 23.7. The highest BCUT2D eigenvalue weighted by molar-refractivity contribution is 5.87. The van der Waals surface area contributed by atoms with E-state index >= 15 is 0 Å². The highest BCUT2D eigenvalue weighted by atomic mass is 16.2. The molecule has 9 heteroatoms. The summed E-state index contributed by atoms with van der Waals surface area (Å²) in [6, 6.07) is -0.909. The average molecular weight is 475 g/mol. The van der Waals surface area contributed by atoms with Gasteiger partial charge in [0.05, 0.1) is 12.6 Å². The second kappa shape index (κ2) is 11.8. The van der Waals surface area contributed by atoms with E-state index in [4.69, 9.17) is 0 Å². The Morgan fingerprint density at radius 1 is 1.12 bits per heavy atom. The third-order valence-electron chi connectivity index (χ3n) is 7.19. The summed E-state index contributed by atoms with van der Waals surface area (Å²) < 4.78 is 1.85. The van der Waals surface area contributed by atoms with Crippen LogP contribution in [0.2, 0.25) is 0 Å². The Hall–Kier alpha value is -2.45. The lowest BCUT2D eigenvalue weighted by Crippen LogP contribution is -2.47. The number of nitrogens with one attached hydrogen (secondary N) is 1. The summed E-state index contributed by atoms with van der Waals surface area (Å²) in [6.45, 7) is 9.37. The van der Waals surface area contributed by atoms with Crippen molar-refractivity contribution in [3.05, 3.63) is 11.6 Å². The average Bonchev–Trinajstić information content (AvgIpc) is 3.42. The molecule has 1 saturated carbocycles. The zero-order valence-corrected chi connectivity index (χ0v) is 21.5. The highest BCUT2D eigenvalue weighted by Crippen LogP contribution is 2.28. The minimum absolute atomic E-state index is 0.0812. The van der Waals surface area contributed by atoms with Crippen LogP contribution in [0.3, 0.4) is 0 Å². The maximum Gasteiger partial charge on any atom is 0.243 e. The molecule has 3 amide bonds. The van der Waals surface area contributed by atoms with E-state index in [1.165, 1.54) is 17.7 Å². The first kappa shape index (κ1) is 26.2. The summed E-state index contributed by atoms with van der Waals surface area (Å²) in [6.07, 6.45) is 6.85. The lowest BCUT2D eigenvalue weighted by Gasteiger charge is -2.29. The molecule has 3 rings (SSSR count). The van der Waals surface area contributed by atoms with Crippen LogP contribution in [-0.2, 0) is 20.9 Å². The predicted molar refractivity (Wildman–Crippen MR) is 130 cm³/mol. The summed E-state index contributed by atoms with van der Waals surface area (Å²) in [5.41, 5.74) is 0. The minimum atomic E-state index is -0.595. The predicted octanol–water partition coefficient (Wildman–Crippen LogP) is 2.84. The van der Waals surface area contributed by atoms with Crippen LogP contribution in [-0.4, -0.2) is 68.5 Å². The van der Waals surface area contributed by atoms with Gasteiger partial charge in [0.15, 0.2) is 0 Å². The molecule has 34 heavy (non-hydrogen) atoms. The molecule has 0 radical (unpaired) electrons. The number of hydrogen-bond donors (Lipinski definition) is 1. The molecule has 1 aromatic rings. The first-order chi connectivity index (χ1) is 16.2. The third kappa shape index (κ3) is 6.79. The van der Waals surface area contributed by atoms with E-state index in [9.17, 15) is 14.4 Å². The van der Waals surface area contributed by atoms with Crippen LogP contribution in [0.5, 0.6) is 0 Å². The topological polar surface area (TPSA) is 100 Å². The Balaban J connectivity index is 1.87. The van der Waals surface area contributed by atoms with Gasteiger partial charge in [-0.15, -0.1) is 0 Å². The van der Waals surface area contributed by atoms with Crippen LogP contribution >= 0.6 is 0 Å². The maximum absolute atomic E-state index is 13.2. The van der Waals surface area contributed by atoms with E-state index in [0.717, 1.165) is 12.8 Å². The Kier molecular flexibility index (Phi) is 9.08. The first-order valence-corrected chi connectivity index (χ1v) is 12.9. The van der Waals surface area contributed by atoms with Crippen LogP contribution in [0.4, 0.5) is 0 Å². The van der Waals surface area contributed by atoms with Gasteiger partial charge in [0.25, 0.3) is 0 Å². The molecule has 1 aromatic heterocycles. The van der Waals surface area contributed by atoms with Gasteiger partial charge in [0, 0.05) is 33.0 Å². The van der Waals surface area contributed by atoms with E-state index in [1.807, 2.05) is 16.5 Å². The van der Waals surface area contributed by atoms with Crippen LogP contribution < -0.4 is 5.32 Å². The monoisotopic (exact) mass is 474 g/mol. The van der Waals surface area contributed by atoms with Crippen molar-refractivity contribution in [2.45, 2.75) is 97.7 Å². The fraction of sp³-hybridized carbons (Fsp3) is 0.800. The molecule has 9 nitrogen and oxygen atoms in total. The van der Waals surface area contributed by atoms with Gasteiger partial charge in [-0.25, -0.2) is 9.67 Å². The molecule has 2 heterocycles. The van der Waals surface area contributed by atoms with Gasteiger partial charge in [-0.05, 0) is 51.4 Å². The molecule has 1 fully saturated rings. The molecule has 0 spiro atoms. The van der Waals surface area contributed by atoms with Crippen LogP contribution in [0.15, 0.2) is 0 Å². The Morgan fingerprint density at radius 2 is 1.82 bits per heavy atom. The zero-order chi connectivity index (χ0) is 24.8. The quantitative estimate of drug-likeness (QED) is 0.723. The first-order valence-electron chi connectivity index (χ1n) is 12.9. The summed E-state index contributed by atoms with van der Waals surface area (Å²) in [5.74, 6) is 2.05. The summed E-state index contributed by atoms with van der Waals surface area (Å²) >= 11 is 0. The molecule has 0 unspecified atom stereocenters. The number of fused-ring (bicyclic) bond motifs is 1. The number of rotatable bonds is 4. The lowest BCUT2D eigenvalue weighted by atomic mass is 10.0. The van der Waals surface area contributed by atoms with E-state index in [2.05, 4.69) is 29.2 Å². The molecule has 0 bridgehead atoms. The molecule has 190 valence electrons. The summed E-state index contributed by atoms with van der Waals surface area (Å²) in [4.78, 5) is 47.1. The van der Waals surface area contributed by atoms with Gasteiger partial charge in [0.1, 0.15) is 17.7 Å². The number of hydrogen-bond acceptors (Lipinski definition) is 5. The van der Waals surface area contributed by atoms with Gasteiger partial charge < -0.3 is 15.1 Å². The van der Waals surface area contributed by atoms with Crippen LogP contribution in [0, 0.1) is 18.8 Å². The molecule has 0 aromatic carbocycles. The van der Waals surface area contributed by atoms with Gasteiger partial charge in [0.2, 0.25) is 17.7 Å². The number of aryl methyl sites for hydroxylation is 1. The van der Waals surface area contributed by atoms with Gasteiger partial charge in [-0.1, -0.05) is 26.7 Å². The Bertz CT molecular complexity index is 861. The number of carbonyl (C=O) groups excluding carboxylic acids is 3. The number of amides is 3. The van der Waals surface area contributed by atoms with Crippen molar-refractivity contribution in [3.63, 3.8) is 0 Å². The molecular formula is C25H42N6O3. The van der Waals surface area contributed by atoms with E-state index in [0.29, 0.717) is 68.8 Å². The minimum Gasteiger partial charge on any atom is -0.344 e. The lowest BCUT2D eigenvalue weighted by molar-refractivity contribution is -0.139. The van der Waals surface area contributed by atoms with Gasteiger partial charge >= 0.3 is 0 Å². The van der Waals surface area contributed by atoms with Crippen LogP contribution in [0.1, 0.15) is 89.8 Å². The van der Waals surface area contributed by atoms with Gasteiger partial charge in [-0.2, -0.15) is 5.10 Å². The molecule has 1 N–H and O–H groups in total. The van der Waals surface area contributed by atoms with Crippen molar-refractivity contribution in [1.29, 1.82) is 0 Å². The summed E-state index contributed by atoms with van der Waals surface area (Å²) in [7, 11) is 1.67. The van der Waals surface area contributed by atoms with Crippen molar-refractivity contribution >= 4 is 17.7 Å². The molecule has 1 aliphatic heterocycles. The number of aromatic nitrogens is 3. The Labute approximate surface area is 203 Å². The molecule has 2 atom stereocenters. The third-order valence-corrected chi connectivity index (χ3v) is 7.19. The van der Waals surface area contributed by atoms with Crippen molar-refractivity contribution in [2.75, 3.05) is 20.1 Å². The van der Waals surface area contributed by atoms with Crippen molar-refractivity contribution in [3.8, 4) is 0 Å². The SMILES string of the molecule is Cc1nc2n(n1)CCN(C(=O)CC1CCCC1)CCCC(=O)N(C)[C@@H](C)C(=O)N[C@@H]2CC(C)C. The second-order valence-electron chi connectivity index (χ2n) is 10.5. The van der Waals surface area contributed by atoms with Crippen molar-refractivity contribution < 1.29 is 14.4 Å². The van der Waals surface area contributed by atoms with E-state index in [1.54, 1.807) is 14.0 Å². The Morgan fingerprint density at radius 3 is 2.50 bits per heavy atom. The number of nitrogens with zero attached hydrogens (tertiary/aromatic N) is 5. The highest BCUT2D eigenvalue weighted by Gasteiger charge is 2.29. The van der Waals surface area contributed by atoms with E-state index < -0.39 is 6.04 Å². The van der Waals surface area contributed by atoms with Crippen LogP contribution in [0.25, 0.3) is 0 Å². The fourth-order valence-electron chi connectivity index (χ4n) is 5.04. The smallest absolute Gasteiger partial charge is 0.243 e. The fourth-order valence-corrected chi connectivity index (χ4v) is 5.04. The summed E-state index contributed by atoms with van der Waals surface area (Å²) in [5, 5.41) is 7.72. The maximum atomic E-state index is 13.2. The molecule has 2 aliphatic rings. The second-order valence-corrected chi connectivity index (χ2v) is 10.5. The largest absolute Gasteiger partial charge is 0.344 e. The van der Waals surface area contributed by atoms with E-state index in [-0.39, 0.29) is 23.8 Å². The number of carbonyl (C=O) groups is 3.